The van der Waals surface area contributed by atoms with Crippen LogP contribution in [0.15, 0.2) is 42.5 Å². The van der Waals surface area contributed by atoms with Gasteiger partial charge in [0, 0.05) is 0 Å². The summed E-state index contributed by atoms with van der Waals surface area (Å²) in [6, 6.07) is 12.0. The summed E-state index contributed by atoms with van der Waals surface area (Å²) in [5.41, 5.74) is 7.59. The first kappa shape index (κ1) is 24.4. The van der Waals surface area contributed by atoms with E-state index in [0.717, 1.165) is 11.1 Å². The lowest BCUT2D eigenvalue weighted by Gasteiger charge is -2.12. The van der Waals surface area contributed by atoms with Gasteiger partial charge in [-0.2, -0.15) is 0 Å². The van der Waals surface area contributed by atoms with Crippen molar-refractivity contribution in [3.05, 3.63) is 58.6 Å². The Balaban J connectivity index is 0.00000320. The molecule has 1 amide bonds. The summed E-state index contributed by atoms with van der Waals surface area (Å²) < 4.78 is 11.0. The van der Waals surface area contributed by atoms with Crippen LogP contribution in [0.25, 0.3) is 0 Å². The standard InChI is InChI=1S/C20H19ClN2O4S2.ClH/c1-26-19(25)15(22)9-11-2-5-13(6-3-11)27-16-7-4-12(8-14(16)21)10-17-18(24)23-20(28)29-17;/h2-8,15,17H,9-10,22H2,1H3,(H,23,24,28);1H/t15-,17?;/m0./s1. The van der Waals surface area contributed by atoms with Crippen LogP contribution in [0.1, 0.15) is 11.1 Å². The first-order valence-corrected chi connectivity index (χ1v) is 10.4. The molecular formula is C20H20Cl2N2O4S2. The van der Waals surface area contributed by atoms with Gasteiger partial charge in [0.25, 0.3) is 0 Å². The Morgan fingerprint density at radius 2 is 1.93 bits per heavy atom. The van der Waals surface area contributed by atoms with E-state index in [4.69, 9.17) is 34.3 Å². The van der Waals surface area contributed by atoms with Crippen molar-refractivity contribution in [2.45, 2.75) is 24.1 Å². The van der Waals surface area contributed by atoms with Gasteiger partial charge in [-0.25, -0.2) is 0 Å². The van der Waals surface area contributed by atoms with Crippen molar-refractivity contribution in [1.82, 2.24) is 5.32 Å². The van der Waals surface area contributed by atoms with Gasteiger partial charge in [0.05, 0.1) is 17.4 Å². The third-order valence-electron chi connectivity index (χ3n) is 4.30. The maximum Gasteiger partial charge on any atom is 0.322 e. The number of esters is 1. The van der Waals surface area contributed by atoms with Gasteiger partial charge in [-0.15, -0.1) is 12.4 Å². The average Bonchev–Trinajstić information content (AvgIpc) is 3.01. The molecule has 3 N–H and O–H groups in total. The van der Waals surface area contributed by atoms with Crippen LogP contribution in [0.5, 0.6) is 11.5 Å². The van der Waals surface area contributed by atoms with E-state index < -0.39 is 12.0 Å². The molecular weight excluding hydrogens is 467 g/mol. The van der Waals surface area contributed by atoms with Crippen molar-refractivity contribution in [2.75, 3.05) is 7.11 Å². The highest BCUT2D eigenvalue weighted by atomic mass is 35.5. The second kappa shape index (κ2) is 11.0. The molecule has 2 aromatic carbocycles. The number of ether oxygens (including phenoxy) is 2. The third-order valence-corrected chi connectivity index (χ3v) is 5.96. The van der Waals surface area contributed by atoms with Gasteiger partial charge in [0.15, 0.2) is 0 Å². The molecule has 0 saturated carbocycles. The maximum absolute atomic E-state index is 11.8. The number of carbonyl (C=O) groups is 2. The number of hydrogen-bond acceptors (Lipinski definition) is 7. The van der Waals surface area contributed by atoms with Gasteiger partial charge in [0.2, 0.25) is 5.91 Å². The minimum Gasteiger partial charge on any atom is -0.468 e. The molecule has 0 bridgehead atoms. The topological polar surface area (TPSA) is 90.7 Å². The van der Waals surface area contributed by atoms with Crippen molar-refractivity contribution in [3.8, 4) is 11.5 Å². The first-order valence-electron chi connectivity index (χ1n) is 8.76. The fourth-order valence-electron chi connectivity index (χ4n) is 2.80. The summed E-state index contributed by atoms with van der Waals surface area (Å²) in [5.74, 6) is 0.579. The molecule has 1 unspecified atom stereocenters. The van der Waals surface area contributed by atoms with E-state index in [2.05, 4.69) is 10.1 Å². The van der Waals surface area contributed by atoms with Gasteiger partial charge in [-0.3, -0.25) is 9.59 Å². The van der Waals surface area contributed by atoms with E-state index in [0.29, 0.717) is 33.7 Å². The van der Waals surface area contributed by atoms with Crippen LogP contribution >= 0.6 is 48.0 Å². The molecule has 0 aromatic heterocycles. The molecule has 10 heteroatoms. The third kappa shape index (κ3) is 6.33. The second-order valence-corrected chi connectivity index (χ2v) is 8.72. The van der Waals surface area contributed by atoms with Crippen molar-refractivity contribution in [2.24, 2.45) is 5.73 Å². The van der Waals surface area contributed by atoms with Crippen LogP contribution in [0.3, 0.4) is 0 Å². The van der Waals surface area contributed by atoms with Crippen LogP contribution in [0.4, 0.5) is 0 Å². The fourth-order valence-corrected chi connectivity index (χ4v) is 4.36. The van der Waals surface area contributed by atoms with E-state index in [1.807, 2.05) is 18.2 Å². The molecule has 30 heavy (non-hydrogen) atoms. The molecule has 1 heterocycles. The SMILES string of the molecule is COC(=O)[C@@H](N)Cc1ccc(Oc2ccc(CC3SC(=S)NC3=O)cc2Cl)cc1.Cl. The molecule has 1 fully saturated rings. The van der Waals surface area contributed by atoms with E-state index in [1.165, 1.54) is 18.9 Å². The summed E-state index contributed by atoms with van der Waals surface area (Å²) in [6.45, 7) is 0. The van der Waals surface area contributed by atoms with Crippen molar-refractivity contribution < 1.29 is 19.1 Å². The molecule has 6 nitrogen and oxygen atoms in total. The molecule has 0 aliphatic carbocycles. The molecule has 2 aromatic rings. The number of rotatable bonds is 7. The summed E-state index contributed by atoms with van der Waals surface area (Å²) in [5, 5.41) is 2.84. The number of methoxy groups -OCH3 is 1. The summed E-state index contributed by atoms with van der Waals surface area (Å²) in [4.78, 5) is 23.2. The zero-order valence-electron chi connectivity index (χ0n) is 15.9. The molecule has 0 spiro atoms. The number of halogens is 2. The Kier molecular flexibility index (Phi) is 8.93. The Labute approximate surface area is 195 Å². The second-order valence-electron chi connectivity index (χ2n) is 6.43. The maximum atomic E-state index is 11.8. The number of amides is 1. The average molecular weight is 487 g/mol. The largest absolute Gasteiger partial charge is 0.468 e. The van der Waals surface area contributed by atoms with Crippen LogP contribution in [-0.4, -0.2) is 34.6 Å². The zero-order valence-corrected chi connectivity index (χ0v) is 19.1. The van der Waals surface area contributed by atoms with Gasteiger partial charge in [0.1, 0.15) is 21.9 Å². The predicted octanol–water partition coefficient (Wildman–Crippen LogP) is 3.66. The molecule has 1 aliphatic heterocycles. The lowest BCUT2D eigenvalue weighted by atomic mass is 10.1. The normalized spacial score (nSPS) is 16.4. The van der Waals surface area contributed by atoms with Crippen LogP contribution in [0.2, 0.25) is 5.02 Å². The smallest absolute Gasteiger partial charge is 0.322 e. The highest BCUT2D eigenvalue weighted by molar-refractivity contribution is 8.24. The van der Waals surface area contributed by atoms with Crippen LogP contribution in [0, 0.1) is 0 Å². The number of nitrogens with one attached hydrogen (secondary N) is 1. The highest BCUT2D eigenvalue weighted by Crippen LogP contribution is 2.32. The van der Waals surface area contributed by atoms with Crippen molar-refractivity contribution >= 4 is 64.2 Å². The van der Waals surface area contributed by atoms with Gasteiger partial charge >= 0.3 is 5.97 Å². The Morgan fingerprint density at radius 1 is 1.27 bits per heavy atom. The van der Waals surface area contributed by atoms with E-state index in [-0.39, 0.29) is 23.6 Å². The first-order chi connectivity index (χ1) is 13.9. The molecule has 1 aliphatic rings. The molecule has 0 radical (unpaired) electrons. The van der Waals surface area contributed by atoms with Gasteiger partial charge in [-0.05, 0) is 48.2 Å². The van der Waals surface area contributed by atoms with Crippen molar-refractivity contribution in [3.63, 3.8) is 0 Å². The van der Waals surface area contributed by atoms with Gasteiger partial charge in [-0.1, -0.05) is 53.8 Å². The van der Waals surface area contributed by atoms with Gasteiger partial charge < -0.3 is 20.5 Å². The summed E-state index contributed by atoms with van der Waals surface area (Å²) in [7, 11) is 1.31. The van der Waals surface area contributed by atoms with E-state index >= 15 is 0 Å². The number of benzene rings is 2. The monoisotopic (exact) mass is 486 g/mol. The number of hydrogen-bond donors (Lipinski definition) is 2. The minimum atomic E-state index is -0.705. The number of nitrogens with two attached hydrogens (primary N) is 1. The van der Waals surface area contributed by atoms with Crippen molar-refractivity contribution in [1.29, 1.82) is 0 Å². The number of carbonyl (C=O) groups excluding carboxylic acids is 2. The van der Waals surface area contributed by atoms with E-state index in [9.17, 15) is 9.59 Å². The summed E-state index contributed by atoms with van der Waals surface area (Å²) >= 11 is 12.7. The molecule has 1 saturated heterocycles. The highest BCUT2D eigenvalue weighted by Gasteiger charge is 2.29. The Morgan fingerprint density at radius 3 is 2.50 bits per heavy atom. The summed E-state index contributed by atoms with van der Waals surface area (Å²) in [6.07, 6.45) is 0.907. The fraction of sp³-hybridized carbons (Fsp3) is 0.250. The van der Waals surface area contributed by atoms with E-state index in [1.54, 1.807) is 24.3 Å². The Bertz CT molecular complexity index is 941. The van der Waals surface area contributed by atoms with Crippen LogP contribution < -0.4 is 15.8 Å². The lowest BCUT2D eigenvalue weighted by Crippen LogP contribution is -2.33. The molecule has 160 valence electrons. The molecule has 3 rings (SSSR count). The predicted molar refractivity (Wildman–Crippen MR) is 125 cm³/mol. The quantitative estimate of drug-likeness (QED) is 0.455. The number of thiocarbonyl (C=S) groups is 1. The lowest BCUT2D eigenvalue weighted by molar-refractivity contribution is -0.142. The molecule has 2 atom stereocenters. The Hall–Kier alpha value is -1.84. The zero-order chi connectivity index (χ0) is 21.0. The number of thioether (sulfide) groups is 1. The minimum absolute atomic E-state index is 0. The van der Waals surface area contributed by atoms with Crippen LogP contribution in [-0.2, 0) is 27.2 Å².